The van der Waals surface area contributed by atoms with Gasteiger partial charge < -0.3 is 15.2 Å². The number of esters is 1. The van der Waals surface area contributed by atoms with Gasteiger partial charge in [0.2, 0.25) is 0 Å². The lowest BCUT2D eigenvalue weighted by atomic mass is 9.95. The molecule has 0 unspecified atom stereocenters. The molecular formula is C24H28ClNO4. The van der Waals surface area contributed by atoms with Crippen LogP contribution in [0, 0.1) is 5.92 Å². The van der Waals surface area contributed by atoms with Gasteiger partial charge in [-0.1, -0.05) is 61.0 Å². The Bertz CT molecular complexity index is 864. The van der Waals surface area contributed by atoms with Crippen LogP contribution in [0.2, 0.25) is 5.02 Å². The molecule has 2 aromatic carbocycles. The highest BCUT2D eigenvalue weighted by molar-refractivity contribution is 6.30. The molecule has 160 valence electrons. The van der Waals surface area contributed by atoms with Crippen LogP contribution < -0.4 is 5.32 Å². The van der Waals surface area contributed by atoms with Gasteiger partial charge in [-0.15, -0.1) is 0 Å². The van der Waals surface area contributed by atoms with Crippen LogP contribution in [0.25, 0.3) is 11.1 Å². The van der Waals surface area contributed by atoms with E-state index < -0.39 is 5.97 Å². The van der Waals surface area contributed by atoms with Gasteiger partial charge in [-0.25, -0.2) is 0 Å². The number of ether oxygens (including phenoxy) is 1. The third-order valence-electron chi connectivity index (χ3n) is 4.66. The van der Waals surface area contributed by atoms with Crippen LogP contribution in [-0.4, -0.2) is 29.7 Å². The number of hydrogen-bond acceptors (Lipinski definition) is 4. The Morgan fingerprint density at radius 3 is 2.53 bits per heavy atom. The maximum Gasteiger partial charge on any atom is 0.308 e. The van der Waals surface area contributed by atoms with E-state index in [1.807, 2.05) is 43.3 Å². The van der Waals surface area contributed by atoms with Crippen LogP contribution in [-0.2, 0) is 20.7 Å². The Balaban J connectivity index is 2.08. The van der Waals surface area contributed by atoms with Gasteiger partial charge in [-0.05, 0) is 54.8 Å². The largest absolute Gasteiger partial charge is 0.481 e. The minimum absolute atomic E-state index is 0.0357. The number of rotatable bonds is 11. The number of carbonyl (C=O) groups is 2. The van der Waals surface area contributed by atoms with Crippen molar-refractivity contribution in [1.82, 2.24) is 5.32 Å². The van der Waals surface area contributed by atoms with E-state index in [4.69, 9.17) is 21.4 Å². The third-order valence-corrected chi connectivity index (χ3v) is 4.90. The summed E-state index contributed by atoms with van der Waals surface area (Å²) in [6.45, 7) is 3.98. The monoisotopic (exact) mass is 429 g/mol. The van der Waals surface area contributed by atoms with Gasteiger partial charge >= 0.3 is 11.9 Å². The molecule has 0 saturated carbocycles. The summed E-state index contributed by atoms with van der Waals surface area (Å²) in [5.74, 6) is -1.38. The summed E-state index contributed by atoms with van der Waals surface area (Å²) in [7, 11) is 0. The topological polar surface area (TPSA) is 75.6 Å². The molecule has 0 saturated heterocycles. The Kier molecular flexibility index (Phi) is 9.42. The van der Waals surface area contributed by atoms with Crippen molar-refractivity contribution in [1.29, 1.82) is 0 Å². The van der Waals surface area contributed by atoms with Crippen molar-refractivity contribution < 1.29 is 19.4 Å². The molecule has 0 heterocycles. The van der Waals surface area contributed by atoms with Crippen LogP contribution in [0.5, 0.6) is 0 Å². The molecule has 0 aliphatic heterocycles. The van der Waals surface area contributed by atoms with E-state index in [9.17, 15) is 9.59 Å². The molecule has 0 fully saturated rings. The number of hydrogen-bond donors (Lipinski definition) is 2. The van der Waals surface area contributed by atoms with Crippen molar-refractivity contribution in [2.45, 2.75) is 39.2 Å². The molecule has 0 radical (unpaired) electrons. The minimum atomic E-state index is -0.888. The number of carbonyl (C=O) groups excluding carboxylic acids is 1. The Hall–Kier alpha value is -2.79. The molecule has 2 aromatic rings. The normalized spacial score (nSPS) is 13.0. The van der Waals surface area contributed by atoms with Crippen molar-refractivity contribution in [3.8, 4) is 11.1 Å². The maximum atomic E-state index is 12.0. The van der Waals surface area contributed by atoms with E-state index in [0.717, 1.165) is 16.7 Å². The fourth-order valence-corrected chi connectivity index (χ4v) is 3.36. The highest BCUT2D eigenvalue weighted by atomic mass is 35.5. The molecule has 2 N–H and O–H groups in total. The molecule has 0 aromatic heterocycles. The first-order chi connectivity index (χ1) is 14.4. The van der Waals surface area contributed by atoms with E-state index in [1.54, 1.807) is 19.2 Å². The van der Waals surface area contributed by atoms with Crippen LogP contribution in [0.15, 0.2) is 60.8 Å². The summed E-state index contributed by atoms with van der Waals surface area (Å²) in [5, 5.41) is 12.7. The number of carboxylic acid groups (broad SMARTS) is 1. The summed E-state index contributed by atoms with van der Waals surface area (Å²) < 4.78 is 5.11. The number of nitrogens with one attached hydrogen (secondary N) is 1. The molecular weight excluding hydrogens is 402 g/mol. The highest BCUT2D eigenvalue weighted by Gasteiger charge is 2.19. The molecule has 0 bridgehead atoms. The first kappa shape index (κ1) is 23.5. The smallest absolute Gasteiger partial charge is 0.308 e. The van der Waals surface area contributed by atoms with Gasteiger partial charge in [0.1, 0.15) is 0 Å². The second-order valence-electron chi connectivity index (χ2n) is 7.16. The molecule has 6 heteroatoms. The Morgan fingerprint density at radius 2 is 1.90 bits per heavy atom. The van der Waals surface area contributed by atoms with Gasteiger partial charge in [0.15, 0.2) is 0 Å². The van der Waals surface area contributed by atoms with Gasteiger partial charge in [0, 0.05) is 11.1 Å². The third kappa shape index (κ3) is 7.91. The summed E-state index contributed by atoms with van der Waals surface area (Å²) in [6.07, 6.45) is 4.42. The van der Waals surface area contributed by atoms with E-state index >= 15 is 0 Å². The molecule has 0 aliphatic carbocycles. The lowest BCUT2D eigenvalue weighted by Gasteiger charge is -2.21. The lowest BCUT2D eigenvalue weighted by molar-refractivity contribution is -0.147. The zero-order chi connectivity index (χ0) is 21.9. The minimum Gasteiger partial charge on any atom is -0.481 e. The molecule has 0 amide bonds. The standard InChI is InChI=1S/C24H28ClNO4/c1-3-30-24(29)17(2)14-22(26-13-5-8-23(27)28)15-18-9-11-19(12-10-18)20-6-4-7-21(25)16-20/h4-7,9-13,16-17,22,26H,3,8,14-15H2,1-2H3,(H,27,28)/t17-,22+/m1/s1. The maximum absolute atomic E-state index is 12.0. The fourth-order valence-electron chi connectivity index (χ4n) is 3.17. The number of aliphatic carboxylic acids is 1. The average Bonchev–Trinajstić information content (AvgIpc) is 2.71. The number of halogens is 1. The zero-order valence-corrected chi connectivity index (χ0v) is 18.1. The van der Waals surface area contributed by atoms with E-state index in [1.165, 1.54) is 0 Å². The summed E-state index contributed by atoms with van der Waals surface area (Å²) in [6, 6.07) is 15.9. The van der Waals surface area contributed by atoms with E-state index in [-0.39, 0.29) is 24.3 Å². The molecule has 30 heavy (non-hydrogen) atoms. The second-order valence-corrected chi connectivity index (χ2v) is 7.60. The highest BCUT2D eigenvalue weighted by Crippen LogP contribution is 2.23. The SMILES string of the molecule is CCOC(=O)[C@H](C)C[C@@H](Cc1ccc(-c2cccc(Cl)c2)cc1)NC=CCC(=O)O. The van der Waals surface area contributed by atoms with E-state index in [2.05, 4.69) is 17.4 Å². The van der Waals surface area contributed by atoms with Crippen LogP contribution in [0.1, 0.15) is 32.3 Å². The van der Waals surface area contributed by atoms with Gasteiger partial charge in [0.05, 0.1) is 18.9 Å². The molecule has 5 nitrogen and oxygen atoms in total. The van der Waals surface area contributed by atoms with Crippen molar-refractivity contribution in [3.05, 3.63) is 71.4 Å². The van der Waals surface area contributed by atoms with Gasteiger partial charge in [-0.2, -0.15) is 0 Å². The first-order valence-corrected chi connectivity index (χ1v) is 10.4. The Labute approximate surface area is 182 Å². The summed E-state index contributed by atoms with van der Waals surface area (Å²) >= 11 is 6.08. The Morgan fingerprint density at radius 1 is 1.17 bits per heavy atom. The molecule has 0 spiro atoms. The summed E-state index contributed by atoms with van der Waals surface area (Å²) in [5.41, 5.74) is 3.24. The van der Waals surface area contributed by atoms with Crippen LogP contribution >= 0.6 is 11.6 Å². The van der Waals surface area contributed by atoms with Crippen LogP contribution in [0.4, 0.5) is 0 Å². The molecule has 2 rings (SSSR count). The number of benzene rings is 2. The van der Waals surface area contributed by atoms with Gasteiger partial charge in [-0.3, -0.25) is 9.59 Å². The predicted octanol–water partition coefficient (Wildman–Crippen LogP) is 5.09. The van der Waals surface area contributed by atoms with E-state index in [0.29, 0.717) is 24.5 Å². The number of carboxylic acids is 1. The lowest BCUT2D eigenvalue weighted by Crippen LogP contribution is -2.31. The second kappa shape index (κ2) is 12.0. The average molecular weight is 430 g/mol. The fraction of sp³-hybridized carbons (Fsp3) is 0.333. The first-order valence-electron chi connectivity index (χ1n) is 10.0. The van der Waals surface area contributed by atoms with Crippen molar-refractivity contribution in [3.63, 3.8) is 0 Å². The summed E-state index contributed by atoms with van der Waals surface area (Å²) in [4.78, 5) is 22.7. The van der Waals surface area contributed by atoms with Crippen molar-refractivity contribution in [2.24, 2.45) is 5.92 Å². The van der Waals surface area contributed by atoms with Crippen molar-refractivity contribution in [2.75, 3.05) is 6.61 Å². The van der Waals surface area contributed by atoms with Crippen molar-refractivity contribution >= 4 is 23.5 Å². The molecule has 2 atom stereocenters. The van der Waals surface area contributed by atoms with Crippen LogP contribution in [0.3, 0.4) is 0 Å². The van der Waals surface area contributed by atoms with Gasteiger partial charge in [0.25, 0.3) is 0 Å². The molecule has 0 aliphatic rings. The quantitative estimate of drug-likeness (QED) is 0.487. The zero-order valence-electron chi connectivity index (χ0n) is 17.3. The predicted molar refractivity (Wildman–Crippen MR) is 119 cm³/mol.